The van der Waals surface area contributed by atoms with Crippen molar-refractivity contribution in [2.45, 2.75) is 12.8 Å². The molecular weight excluding hydrogens is 517 g/mol. The highest BCUT2D eigenvalue weighted by Gasteiger charge is 2.43. The highest BCUT2D eigenvalue weighted by Crippen LogP contribution is 2.46. The third-order valence-electron chi connectivity index (χ3n) is 6.44. The number of ketones is 1. The van der Waals surface area contributed by atoms with Gasteiger partial charge in [-0.1, -0.05) is 71.2 Å². The Balaban J connectivity index is 1.72. The number of benzene rings is 3. The minimum absolute atomic E-state index is 0.264. The molecule has 2 heterocycles. The molecule has 5 rings (SSSR count). The molecule has 1 saturated heterocycles. The van der Waals surface area contributed by atoms with Gasteiger partial charge in [-0.2, -0.15) is 0 Å². The van der Waals surface area contributed by atoms with Crippen LogP contribution in [0.4, 0.5) is 5.69 Å². The SMILES string of the molecule is CC1=C(C(=O)Nc2ccccc2)C(c2ccccc2Cl)C(C(=O)c2cc(Cl)ccc2Cl)=C2NCCN12. The monoisotopic (exact) mass is 537 g/mol. The molecule has 0 radical (unpaired) electrons. The average molecular weight is 539 g/mol. The van der Waals surface area contributed by atoms with Gasteiger partial charge in [0, 0.05) is 45.7 Å². The number of hydrogen-bond donors (Lipinski definition) is 2. The third-order valence-corrected chi connectivity index (χ3v) is 7.34. The normalized spacial score (nSPS) is 17.1. The fourth-order valence-electron chi connectivity index (χ4n) is 4.80. The summed E-state index contributed by atoms with van der Waals surface area (Å²) in [6, 6.07) is 21.3. The van der Waals surface area contributed by atoms with Gasteiger partial charge in [-0.3, -0.25) is 9.59 Å². The van der Waals surface area contributed by atoms with Crippen molar-refractivity contribution in [3.63, 3.8) is 0 Å². The number of fused-ring (bicyclic) bond motifs is 1. The molecule has 1 fully saturated rings. The lowest BCUT2D eigenvalue weighted by atomic mass is 9.77. The first-order valence-electron chi connectivity index (χ1n) is 11.4. The molecule has 1 atom stereocenters. The Kier molecular flexibility index (Phi) is 6.80. The summed E-state index contributed by atoms with van der Waals surface area (Å²) in [5.41, 5.74) is 3.16. The van der Waals surface area contributed by atoms with Crippen LogP contribution in [0.25, 0.3) is 0 Å². The van der Waals surface area contributed by atoms with E-state index in [1.165, 1.54) is 0 Å². The van der Waals surface area contributed by atoms with Crippen molar-refractivity contribution in [2.24, 2.45) is 0 Å². The second kappa shape index (κ2) is 10.0. The van der Waals surface area contributed by atoms with Crippen molar-refractivity contribution >= 4 is 52.2 Å². The number of nitrogens with zero attached hydrogens (tertiary/aromatic N) is 1. The van der Waals surface area contributed by atoms with Gasteiger partial charge in [0.05, 0.1) is 16.5 Å². The van der Waals surface area contributed by atoms with E-state index >= 15 is 0 Å². The molecule has 36 heavy (non-hydrogen) atoms. The van der Waals surface area contributed by atoms with Crippen LogP contribution in [0.2, 0.25) is 15.1 Å². The molecule has 3 aromatic carbocycles. The lowest BCUT2D eigenvalue weighted by molar-refractivity contribution is -0.113. The maximum atomic E-state index is 14.2. The lowest BCUT2D eigenvalue weighted by Crippen LogP contribution is -2.36. The summed E-state index contributed by atoms with van der Waals surface area (Å²) in [6.45, 7) is 3.12. The van der Waals surface area contributed by atoms with Crippen LogP contribution in [-0.4, -0.2) is 29.7 Å². The number of carbonyl (C=O) groups excluding carboxylic acids is 2. The maximum Gasteiger partial charge on any atom is 0.254 e. The smallest absolute Gasteiger partial charge is 0.254 e. The van der Waals surface area contributed by atoms with Crippen molar-refractivity contribution in [1.29, 1.82) is 0 Å². The van der Waals surface area contributed by atoms with Crippen LogP contribution in [0, 0.1) is 0 Å². The largest absolute Gasteiger partial charge is 0.369 e. The fourth-order valence-corrected chi connectivity index (χ4v) is 5.42. The molecule has 3 aromatic rings. The molecule has 1 amide bonds. The van der Waals surface area contributed by atoms with Crippen LogP contribution in [0.3, 0.4) is 0 Å². The van der Waals surface area contributed by atoms with E-state index in [2.05, 4.69) is 10.6 Å². The molecule has 0 spiro atoms. The van der Waals surface area contributed by atoms with Gasteiger partial charge in [-0.05, 0) is 48.9 Å². The number of halogens is 3. The van der Waals surface area contributed by atoms with E-state index in [0.717, 1.165) is 5.70 Å². The Morgan fingerprint density at radius 3 is 2.39 bits per heavy atom. The van der Waals surface area contributed by atoms with Gasteiger partial charge in [-0.25, -0.2) is 0 Å². The molecule has 5 nitrogen and oxygen atoms in total. The number of para-hydroxylation sites is 1. The van der Waals surface area contributed by atoms with E-state index in [-0.39, 0.29) is 22.3 Å². The van der Waals surface area contributed by atoms with Gasteiger partial charge in [0.1, 0.15) is 5.82 Å². The lowest BCUT2D eigenvalue weighted by Gasteiger charge is -2.36. The van der Waals surface area contributed by atoms with Gasteiger partial charge in [-0.15, -0.1) is 0 Å². The molecule has 2 aliphatic rings. The number of rotatable bonds is 5. The summed E-state index contributed by atoms with van der Waals surface area (Å²) in [4.78, 5) is 30.0. The van der Waals surface area contributed by atoms with E-state index in [1.54, 1.807) is 24.3 Å². The first kappa shape index (κ1) is 24.4. The van der Waals surface area contributed by atoms with Crippen molar-refractivity contribution in [2.75, 3.05) is 18.4 Å². The van der Waals surface area contributed by atoms with Crippen molar-refractivity contribution in [1.82, 2.24) is 10.2 Å². The van der Waals surface area contributed by atoms with E-state index < -0.39 is 5.92 Å². The van der Waals surface area contributed by atoms with Gasteiger partial charge in [0.25, 0.3) is 5.91 Å². The molecule has 1 unspecified atom stereocenters. The zero-order chi connectivity index (χ0) is 25.4. The van der Waals surface area contributed by atoms with Crippen molar-refractivity contribution in [3.05, 3.63) is 122 Å². The topological polar surface area (TPSA) is 61.4 Å². The number of hydrogen-bond acceptors (Lipinski definition) is 4. The summed E-state index contributed by atoms with van der Waals surface area (Å²) in [7, 11) is 0. The zero-order valence-corrected chi connectivity index (χ0v) is 21.6. The Hall–Kier alpha value is -3.25. The minimum Gasteiger partial charge on any atom is -0.369 e. The third kappa shape index (κ3) is 4.39. The number of carbonyl (C=O) groups is 2. The van der Waals surface area contributed by atoms with Gasteiger partial charge >= 0.3 is 0 Å². The molecule has 0 aliphatic carbocycles. The fraction of sp³-hybridized carbons (Fsp3) is 0.143. The summed E-state index contributed by atoms with van der Waals surface area (Å²) in [6.07, 6.45) is 0. The highest BCUT2D eigenvalue weighted by molar-refractivity contribution is 6.37. The van der Waals surface area contributed by atoms with Crippen molar-refractivity contribution in [3.8, 4) is 0 Å². The zero-order valence-electron chi connectivity index (χ0n) is 19.3. The van der Waals surface area contributed by atoms with E-state index in [1.807, 2.05) is 60.4 Å². The summed E-state index contributed by atoms with van der Waals surface area (Å²) in [5.74, 6) is -0.715. The number of nitrogens with one attached hydrogen (secondary N) is 2. The highest BCUT2D eigenvalue weighted by atomic mass is 35.5. The number of amides is 1. The molecule has 0 aromatic heterocycles. The standard InChI is InChI=1S/C28H22Cl3N3O2/c1-16-23(28(36)33-18-7-3-2-4-8-18)24(19-9-5-6-10-21(19)30)25(27-32-13-14-34(16)27)26(35)20-15-17(29)11-12-22(20)31/h2-12,15,24,32H,13-14H2,1H3,(H,33,36). The summed E-state index contributed by atoms with van der Waals surface area (Å²) in [5, 5.41) is 7.47. The van der Waals surface area contributed by atoms with Crippen LogP contribution in [0.1, 0.15) is 28.8 Å². The van der Waals surface area contributed by atoms with Crippen LogP contribution < -0.4 is 10.6 Å². The van der Waals surface area contributed by atoms with Crippen LogP contribution >= 0.6 is 34.8 Å². The Morgan fingerprint density at radius 2 is 1.64 bits per heavy atom. The molecule has 0 bridgehead atoms. The van der Waals surface area contributed by atoms with Crippen LogP contribution in [0.5, 0.6) is 0 Å². The van der Waals surface area contributed by atoms with Gasteiger partial charge in [0.15, 0.2) is 5.78 Å². The quantitative estimate of drug-likeness (QED) is 0.357. The molecule has 2 N–H and O–H groups in total. The van der Waals surface area contributed by atoms with E-state index in [4.69, 9.17) is 34.8 Å². The second-order valence-electron chi connectivity index (χ2n) is 8.57. The molecular formula is C28H22Cl3N3O2. The predicted molar refractivity (Wildman–Crippen MR) is 144 cm³/mol. The Labute approximate surface area is 224 Å². The van der Waals surface area contributed by atoms with Gasteiger partial charge in [0.2, 0.25) is 0 Å². The first-order chi connectivity index (χ1) is 17.4. The van der Waals surface area contributed by atoms with Gasteiger partial charge < -0.3 is 15.5 Å². The van der Waals surface area contributed by atoms with Crippen LogP contribution in [0.15, 0.2) is 95.5 Å². The second-order valence-corrected chi connectivity index (χ2v) is 9.82. The van der Waals surface area contributed by atoms with Crippen molar-refractivity contribution < 1.29 is 9.59 Å². The summed E-state index contributed by atoms with van der Waals surface area (Å²) >= 11 is 19.4. The number of anilines is 1. The molecule has 2 aliphatic heterocycles. The van der Waals surface area contributed by atoms with E-state index in [0.29, 0.717) is 51.4 Å². The maximum absolute atomic E-state index is 14.2. The predicted octanol–water partition coefficient (Wildman–Crippen LogP) is 6.66. The van der Waals surface area contributed by atoms with Crippen LogP contribution in [-0.2, 0) is 4.79 Å². The number of allylic oxidation sites excluding steroid dienone is 2. The molecule has 182 valence electrons. The molecule has 0 saturated carbocycles. The Morgan fingerprint density at radius 1 is 0.917 bits per heavy atom. The van der Waals surface area contributed by atoms with E-state index in [9.17, 15) is 9.59 Å². The number of Topliss-reactive ketones (excluding diaryl/α,β-unsaturated/α-hetero) is 1. The average Bonchev–Trinajstić information content (AvgIpc) is 3.36. The first-order valence-corrected chi connectivity index (χ1v) is 12.6. The molecule has 8 heteroatoms. The summed E-state index contributed by atoms with van der Waals surface area (Å²) < 4.78 is 0. The Bertz CT molecular complexity index is 1430. The minimum atomic E-state index is -0.734.